The Morgan fingerprint density at radius 1 is 1.06 bits per heavy atom. The summed E-state index contributed by atoms with van der Waals surface area (Å²) in [4.78, 5) is 29.2. The third-order valence-corrected chi connectivity index (χ3v) is 5.74. The summed E-state index contributed by atoms with van der Waals surface area (Å²) in [6.45, 7) is 3.39. The fourth-order valence-electron chi connectivity index (χ4n) is 3.83. The molecule has 36 heavy (non-hydrogen) atoms. The Balaban J connectivity index is 1.43. The Morgan fingerprint density at radius 2 is 1.81 bits per heavy atom. The Hall–Kier alpha value is -4.24. The van der Waals surface area contributed by atoms with E-state index in [0.717, 1.165) is 22.4 Å². The van der Waals surface area contributed by atoms with Gasteiger partial charge < -0.3 is 19.4 Å². The van der Waals surface area contributed by atoms with Crippen LogP contribution in [0.5, 0.6) is 5.75 Å². The molecule has 0 saturated heterocycles. The van der Waals surface area contributed by atoms with Gasteiger partial charge in [-0.05, 0) is 24.1 Å². The first-order chi connectivity index (χ1) is 17.5. The van der Waals surface area contributed by atoms with Crippen LogP contribution in [-0.2, 0) is 31.0 Å². The minimum Gasteiger partial charge on any atom is -0.496 e. The number of aromatic nitrogens is 4. The topological polar surface area (TPSA) is 100 Å². The molecule has 0 fully saturated rings. The summed E-state index contributed by atoms with van der Waals surface area (Å²) in [6, 6.07) is 14.9. The normalized spacial score (nSPS) is 10.9. The third-order valence-electron chi connectivity index (χ3n) is 5.74. The highest BCUT2D eigenvalue weighted by Gasteiger charge is 2.17. The van der Waals surface area contributed by atoms with Crippen LogP contribution in [0.15, 0.2) is 71.9 Å². The summed E-state index contributed by atoms with van der Waals surface area (Å²) in [6.07, 6.45) is 5.22. The van der Waals surface area contributed by atoms with Crippen LogP contribution >= 0.6 is 0 Å². The summed E-state index contributed by atoms with van der Waals surface area (Å²) in [5.41, 5.74) is 4.65. The molecule has 0 aliphatic heterocycles. The first-order valence-electron chi connectivity index (χ1n) is 11.5. The van der Waals surface area contributed by atoms with E-state index in [1.54, 1.807) is 54.2 Å². The predicted molar refractivity (Wildman–Crippen MR) is 135 cm³/mol. The number of aryl methyl sites for hydroxylation is 1. The van der Waals surface area contributed by atoms with Gasteiger partial charge in [-0.25, -0.2) is 0 Å². The molecule has 1 amide bonds. The molecule has 0 radical (unpaired) electrons. The van der Waals surface area contributed by atoms with Gasteiger partial charge in [-0.3, -0.25) is 19.3 Å². The summed E-state index contributed by atoms with van der Waals surface area (Å²) in [5.74, 6) is 0.474. The van der Waals surface area contributed by atoms with Crippen molar-refractivity contribution in [1.29, 1.82) is 0 Å². The second-order valence-electron chi connectivity index (χ2n) is 8.43. The molecule has 9 heteroatoms. The van der Waals surface area contributed by atoms with Crippen molar-refractivity contribution in [3.05, 3.63) is 111 Å². The minimum atomic E-state index is -0.252. The van der Waals surface area contributed by atoms with E-state index in [1.165, 1.54) is 0 Å². The lowest BCUT2D eigenvalue weighted by Crippen LogP contribution is -2.24. The molecular formula is C27H29N5O4. The van der Waals surface area contributed by atoms with E-state index in [4.69, 9.17) is 9.47 Å². The second-order valence-corrected chi connectivity index (χ2v) is 8.43. The number of methoxy groups -OCH3 is 2. The Morgan fingerprint density at radius 3 is 2.50 bits per heavy atom. The number of carbonyl (C=O) groups is 1. The van der Waals surface area contributed by atoms with Crippen molar-refractivity contribution in [3.63, 3.8) is 0 Å². The van der Waals surface area contributed by atoms with Crippen LogP contribution in [0.4, 0.5) is 0 Å². The molecule has 0 unspecified atom stereocenters. The quantitative estimate of drug-likeness (QED) is 0.369. The molecule has 0 bridgehead atoms. The highest BCUT2D eigenvalue weighted by Crippen LogP contribution is 2.17. The molecule has 1 aromatic carbocycles. The highest BCUT2D eigenvalue weighted by molar-refractivity contribution is 5.95. The standard InChI is InChI=1S/C27H29N5O4/c1-19-13-28-22(12-25(19)36-3)14-29-27(34)23-17-32(30-24(23)18-35-2)16-21-9-7-20(8-10-21)15-31-11-5-4-6-26(31)33/h4-13,17H,14-16,18H2,1-3H3,(H,29,34). The number of rotatable bonds is 10. The molecule has 186 valence electrons. The minimum absolute atomic E-state index is 0.0353. The molecule has 0 atom stereocenters. The van der Waals surface area contributed by atoms with Gasteiger partial charge in [-0.1, -0.05) is 30.3 Å². The van der Waals surface area contributed by atoms with E-state index in [-0.39, 0.29) is 24.6 Å². The van der Waals surface area contributed by atoms with Gasteiger partial charge in [0, 0.05) is 43.4 Å². The van der Waals surface area contributed by atoms with E-state index in [9.17, 15) is 9.59 Å². The van der Waals surface area contributed by atoms with Crippen molar-refractivity contribution >= 4 is 5.91 Å². The lowest BCUT2D eigenvalue weighted by Gasteiger charge is -2.08. The maximum atomic E-state index is 12.9. The maximum absolute atomic E-state index is 12.9. The first kappa shape index (κ1) is 24.9. The maximum Gasteiger partial charge on any atom is 0.255 e. The summed E-state index contributed by atoms with van der Waals surface area (Å²) in [5, 5.41) is 7.47. The zero-order valence-corrected chi connectivity index (χ0v) is 20.6. The molecule has 9 nitrogen and oxygen atoms in total. The van der Waals surface area contributed by atoms with Gasteiger partial charge in [0.25, 0.3) is 11.5 Å². The van der Waals surface area contributed by atoms with Gasteiger partial charge in [-0.2, -0.15) is 5.10 Å². The zero-order valence-electron chi connectivity index (χ0n) is 20.6. The summed E-state index contributed by atoms with van der Waals surface area (Å²) >= 11 is 0. The molecule has 3 aromatic heterocycles. The first-order valence-corrected chi connectivity index (χ1v) is 11.5. The average Bonchev–Trinajstić information content (AvgIpc) is 3.28. The van der Waals surface area contributed by atoms with E-state index < -0.39 is 0 Å². The van der Waals surface area contributed by atoms with Crippen LogP contribution in [0.2, 0.25) is 0 Å². The number of ether oxygens (including phenoxy) is 2. The van der Waals surface area contributed by atoms with Crippen LogP contribution < -0.4 is 15.6 Å². The lowest BCUT2D eigenvalue weighted by atomic mass is 10.1. The van der Waals surface area contributed by atoms with Crippen molar-refractivity contribution in [2.75, 3.05) is 14.2 Å². The van der Waals surface area contributed by atoms with Crippen molar-refractivity contribution in [2.45, 2.75) is 33.2 Å². The van der Waals surface area contributed by atoms with Gasteiger partial charge in [0.15, 0.2) is 0 Å². The van der Waals surface area contributed by atoms with E-state index in [1.807, 2.05) is 43.3 Å². The number of pyridine rings is 2. The summed E-state index contributed by atoms with van der Waals surface area (Å²) < 4.78 is 14.0. The number of carbonyl (C=O) groups excluding carboxylic acids is 1. The Bertz CT molecular complexity index is 1390. The summed E-state index contributed by atoms with van der Waals surface area (Å²) in [7, 11) is 3.17. The number of nitrogens with one attached hydrogen (secondary N) is 1. The average molecular weight is 488 g/mol. The fourth-order valence-corrected chi connectivity index (χ4v) is 3.83. The predicted octanol–water partition coefficient (Wildman–Crippen LogP) is 2.93. The van der Waals surface area contributed by atoms with Gasteiger partial charge in [0.2, 0.25) is 0 Å². The SMILES string of the molecule is COCc1nn(Cc2ccc(Cn3ccccc3=O)cc2)cc1C(=O)NCc1cc(OC)c(C)cn1. The van der Waals surface area contributed by atoms with Gasteiger partial charge in [0.05, 0.1) is 44.6 Å². The van der Waals surface area contributed by atoms with Gasteiger partial charge in [0.1, 0.15) is 11.4 Å². The van der Waals surface area contributed by atoms with Crippen LogP contribution in [0, 0.1) is 6.92 Å². The van der Waals surface area contributed by atoms with Crippen LogP contribution in [0.1, 0.15) is 38.4 Å². The number of hydrogen-bond acceptors (Lipinski definition) is 6. The third kappa shape index (κ3) is 6.05. The van der Waals surface area contributed by atoms with Crippen LogP contribution in [-0.4, -0.2) is 39.5 Å². The second kappa shape index (κ2) is 11.5. The molecule has 1 N–H and O–H groups in total. The molecule has 0 aliphatic rings. The monoisotopic (exact) mass is 487 g/mol. The molecule has 0 saturated carbocycles. The molecule has 4 aromatic rings. The fraction of sp³-hybridized carbons (Fsp3) is 0.259. The zero-order chi connectivity index (χ0) is 25.5. The van der Waals surface area contributed by atoms with E-state index in [2.05, 4.69) is 15.4 Å². The van der Waals surface area contributed by atoms with E-state index in [0.29, 0.717) is 30.0 Å². The smallest absolute Gasteiger partial charge is 0.255 e. The molecule has 4 rings (SSSR count). The molecular weight excluding hydrogens is 458 g/mol. The highest BCUT2D eigenvalue weighted by atomic mass is 16.5. The van der Waals surface area contributed by atoms with Crippen molar-refractivity contribution < 1.29 is 14.3 Å². The van der Waals surface area contributed by atoms with E-state index >= 15 is 0 Å². The Labute approximate surface area is 209 Å². The molecule has 3 heterocycles. The number of nitrogens with zero attached hydrogens (tertiary/aromatic N) is 4. The largest absolute Gasteiger partial charge is 0.496 e. The molecule has 0 aliphatic carbocycles. The van der Waals surface area contributed by atoms with Crippen molar-refractivity contribution in [3.8, 4) is 5.75 Å². The number of benzene rings is 1. The number of hydrogen-bond donors (Lipinski definition) is 1. The number of amides is 1. The van der Waals surface area contributed by atoms with Crippen molar-refractivity contribution in [2.24, 2.45) is 0 Å². The lowest BCUT2D eigenvalue weighted by molar-refractivity contribution is 0.0945. The Kier molecular flexibility index (Phi) is 7.92. The van der Waals surface area contributed by atoms with Gasteiger partial charge in [-0.15, -0.1) is 0 Å². The van der Waals surface area contributed by atoms with Crippen LogP contribution in [0.25, 0.3) is 0 Å². The van der Waals surface area contributed by atoms with Crippen LogP contribution in [0.3, 0.4) is 0 Å². The van der Waals surface area contributed by atoms with Crippen molar-refractivity contribution in [1.82, 2.24) is 24.6 Å². The van der Waals surface area contributed by atoms with Gasteiger partial charge >= 0.3 is 0 Å². The molecule has 0 spiro atoms.